The molecular formula is C11H11BrO4. The largest absolute Gasteiger partial charge is 0.389 e. The normalized spacial score (nSPS) is 14.2. The first-order valence-electron chi connectivity index (χ1n) is 4.59. The second kappa shape index (κ2) is 5.89. The van der Waals surface area contributed by atoms with Gasteiger partial charge in [0.25, 0.3) is 0 Å². The quantitative estimate of drug-likeness (QED) is 0.628. The molecule has 16 heavy (non-hydrogen) atoms. The minimum Gasteiger partial charge on any atom is -0.389 e. The van der Waals surface area contributed by atoms with Gasteiger partial charge in [0.05, 0.1) is 6.10 Å². The number of hydrogen-bond donors (Lipinski definition) is 2. The maximum absolute atomic E-state index is 10.6. The number of hydrogen-bond acceptors (Lipinski definition) is 4. The summed E-state index contributed by atoms with van der Waals surface area (Å²) in [5.41, 5.74) is 0.930. The molecule has 0 aliphatic heterocycles. The van der Waals surface area contributed by atoms with Crippen LogP contribution in [0.15, 0.2) is 18.2 Å². The Morgan fingerprint density at radius 3 is 2.00 bits per heavy atom. The van der Waals surface area contributed by atoms with Crippen molar-refractivity contribution in [2.45, 2.75) is 12.2 Å². The Balaban J connectivity index is 3.12. The maximum atomic E-state index is 10.6. The molecule has 0 spiro atoms. The molecule has 0 aliphatic carbocycles. The third kappa shape index (κ3) is 2.98. The molecule has 1 aromatic carbocycles. The second-order valence-electron chi connectivity index (χ2n) is 3.34. The first-order valence-corrected chi connectivity index (χ1v) is 5.72. The van der Waals surface area contributed by atoms with Gasteiger partial charge in [0.2, 0.25) is 0 Å². The van der Waals surface area contributed by atoms with Gasteiger partial charge < -0.3 is 10.2 Å². The molecule has 5 heteroatoms. The van der Waals surface area contributed by atoms with E-state index in [0.717, 1.165) is 0 Å². The van der Waals surface area contributed by atoms with E-state index in [1.807, 2.05) is 0 Å². The van der Waals surface area contributed by atoms with E-state index in [1.54, 1.807) is 0 Å². The summed E-state index contributed by atoms with van der Waals surface area (Å²) in [6.45, 7) is 0. The molecule has 86 valence electrons. The third-order valence-electron chi connectivity index (χ3n) is 2.14. The van der Waals surface area contributed by atoms with Crippen LogP contribution in [0.3, 0.4) is 0 Å². The van der Waals surface area contributed by atoms with E-state index >= 15 is 0 Å². The molecule has 2 N–H and O–H groups in total. The van der Waals surface area contributed by atoms with Crippen molar-refractivity contribution < 1.29 is 19.8 Å². The number of carbonyl (C=O) groups is 2. The molecule has 2 unspecified atom stereocenters. The lowest BCUT2D eigenvalue weighted by atomic mass is 10.0. The summed E-state index contributed by atoms with van der Waals surface area (Å²) in [6, 6.07) is 4.30. The maximum Gasteiger partial charge on any atom is 0.150 e. The third-order valence-corrected chi connectivity index (χ3v) is 2.80. The lowest BCUT2D eigenvalue weighted by molar-refractivity contribution is 0.0342. The van der Waals surface area contributed by atoms with Crippen molar-refractivity contribution in [2.24, 2.45) is 0 Å². The van der Waals surface area contributed by atoms with Crippen LogP contribution in [-0.4, -0.2) is 34.2 Å². The lowest BCUT2D eigenvalue weighted by Gasteiger charge is -2.16. The van der Waals surface area contributed by atoms with Crippen molar-refractivity contribution in [1.29, 1.82) is 0 Å². The summed E-state index contributed by atoms with van der Waals surface area (Å²) in [5.74, 6) is 0. The van der Waals surface area contributed by atoms with Gasteiger partial charge in [-0.05, 0) is 23.8 Å². The summed E-state index contributed by atoms with van der Waals surface area (Å²) in [4.78, 5) is 21.2. The number of rotatable bonds is 5. The molecule has 0 aromatic heterocycles. The fourth-order valence-corrected chi connectivity index (χ4v) is 1.67. The van der Waals surface area contributed by atoms with Crippen molar-refractivity contribution in [1.82, 2.24) is 0 Å². The molecule has 0 bridgehead atoms. The zero-order chi connectivity index (χ0) is 12.1. The number of aliphatic hydroxyl groups is 2. The van der Waals surface area contributed by atoms with Crippen LogP contribution >= 0.6 is 15.9 Å². The molecule has 1 rings (SSSR count). The Labute approximate surface area is 101 Å². The molecular weight excluding hydrogens is 276 g/mol. The smallest absolute Gasteiger partial charge is 0.150 e. The van der Waals surface area contributed by atoms with Crippen LogP contribution in [0, 0.1) is 0 Å². The molecule has 0 heterocycles. The van der Waals surface area contributed by atoms with E-state index in [2.05, 4.69) is 15.9 Å². The molecule has 2 atom stereocenters. The van der Waals surface area contributed by atoms with Gasteiger partial charge in [0, 0.05) is 16.5 Å². The van der Waals surface area contributed by atoms with Crippen LogP contribution in [0.25, 0.3) is 0 Å². The van der Waals surface area contributed by atoms with E-state index < -0.39 is 12.2 Å². The topological polar surface area (TPSA) is 74.6 Å². The Morgan fingerprint density at radius 1 is 1.12 bits per heavy atom. The molecule has 0 saturated heterocycles. The predicted octanol–water partition coefficient (Wildman–Crippen LogP) is 1.10. The van der Waals surface area contributed by atoms with Gasteiger partial charge in [-0.15, -0.1) is 0 Å². The molecule has 0 aliphatic rings. The minimum atomic E-state index is -1.13. The summed E-state index contributed by atoms with van der Waals surface area (Å²) in [6.07, 6.45) is -0.938. The van der Waals surface area contributed by atoms with Gasteiger partial charge in [-0.1, -0.05) is 15.9 Å². The Bertz CT molecular complexity index is 365. The molecule has 0 fully saturated rings. The summed E-state index contributed by atoms with van der Waals surface area (Å²) < 4.78 is 0. The number of benzene rings is 1. The minimum absolute atomic E-state index is 0.204. The molecule has 4 nitrogen and oxygen atoms in total. The summed E-state index contributed by atoms with van der Waals surface area (Å²) in [5, 5.41) is 19.4. The Morgan fingerprint density at radius 2 is 1.62 bits per heavy atom. The second-order valence-corrected chi connectivity index (χ2v) is 3.98. The van der Waals surface area contributed by atoms with Gasteiger partial charge in [-0.25, -0.2) is 0 Å². The van der Waals surface area contributed by atoms with Crippen LogP contribution in [0.5, 0.6) is 0 Å². The van der Waals surface area contributed by atoms with Gasteiger partial charge in [0.1, 0.15) is 18.7 Å². The number of aldehydes is 2. The summed E-state index contributed by atoms with van der Waals surface area (Å²) >= 11 is 3.03. The van der Waals surface area contributed by atoms with Gasteiger partial charge >= 0.3 is 0 Å². The highest BCUT2D eigenvalue weighted by atomic mass is 79.9. The number of halogens is 1. The van der Waals surface area contributed by atoms with E-state index in [9.17, 15) is 19.8 Å². The lowest BCUT2D eigenvalue weighted by Crippen LogP contribution is -2.19. The molecule has 0 saturated carbocycles. The number of alkyl halides is 1. The number of carbonyl (C=O) groups excluding carboxylic acids is 2. The van der Waals surface area contributed by atoms with E-state index in [-0.39, 0.29) is 5.33 Å². The van der Waals surface area contributed by atoms with Gasteiger partial charge in [-0.2, -0.15) is 0 Å². The van der Waals surface area contributed by atoms with Gasteiger partial charge in [-0.3, -0.25) is 9.59 Å². The molecule has 1 aromatic rings. The van der Waals surface area contributed by atoms with Crippen LogP contribution in [0.2, 0.25) is 0 Å². The average molecular weight is 287 g/mol. The van der Waals surface area contributed by atoms with Crippen LogP contribution in [0.4, 0.5) is 0 Å². The van der Waals surface area contributed by atoms with Crippen molar-refractivity contribution in [3.8, 4) is 0 Å². The van der Waals surface area contributed by atoms with Gasteiger partial charge in [0.15, 0.2) is 0 Å². The highest BCUT2D eigenvalue weighted by Gasteiger charge is 2.18. The SMILES string of the molecule is O=Cc1cc(C=O)cc(C(O)C(O)CBr)c1. The highest BCUT2D eigenvalue weighted by Crippen LogP contribution is 2.20. The standard InChI is InChI=1S/C11H11BrO4/c12-4-10(15)11(16)9-2-7(5-13)1-8(3-9)6-14/h1-3,5-6,10-11,15-16H,4H2. The first-order chi connectivity index (χ1) is 7.62. The highest BCUT2D eigenvalue weighted by molar-refractivity contribution is 9.09. The van der Waals surface area contributed by atoms with E-state index in [4.69, 9.17) is 0 Å². The average Bonchev–Trinajstić information content (AvgIpc) is 2.35. The van der Waals surface area contributed by atoms with Crippen LogP contribution < -0.4 is 0 Å². The first kappa shape index (κ1) is 13.0. The molecule has 0 amide bonds. The Hall–Kier alpha value is -1.04. The van der Waals surface area contributed by atoms with Crippen molar-refractivity contribution in [3.05, 3.63) is 34.9 Å². The van der Waals surface area contributed by atoms with E-state index in [1.165, 1.54) is 18.2 Å². The zero-order valence-corrected chi connectivity index (χ0v) is 9.92. The van der Waals surface area contributed by atoms with Crippen molar-refractivity contribution >= 4 is 28.5 Å². The molecule has 0 radical (unpaired) electrons. The Kier molecular flexibility index (Phi) is 4.79. The zero-order valence-electron chi connectivity index (χ0n) is 8.34. The summed E-state index contributed by atoms with van der Waals surface area (Å²) in [7, 11) is 0. The fourth-order valence-electron chi connectivity index (χ4n) is 1.32. The van der Waals surface area contributed by atoms with E-state index in [0.29, 0.717) is 29.3 Å². The fraction of sp³-hybridized carbons (Fsp3) is 0.273. The van der Waals surface area contributed by atoms with Crippen LogP contribution in [-0.2, 0) is 0 Å². The monoisotopic (exact) mass is 286 g/mol. The number of aliphatic hydroxyl groups excluding tert-OH is 2. The van der Waals surface area contributed by atoms with Crippen molar-refractivity contribution in [3.63, 3.8) is 0 Å². The van der Waals surface area contributed by atoms with Crippen molar-refractivity contribution in [2.75, 3.05) is 5.33 Å². The van der Waals surface area contributed by atoms with Crippen LogP contribution in [0.1, 0.15) is 32.4 Å². The predicted molar refractivity (Wildman–Crippen MR) is 62.0 cm³/mol.